The first-order chi connectivity index (χ1) is 9.74. The summed E-state index contributed by atoms with van der Waals surface area (Å²) in [6, 6.07) is 13.0. The zero-order valence-electron chi connectivity index (χ0n) is 10.6. The molecule has 0 atom stereocenters. The molecule has 1 N–H and O–H groups in total. The average Bonchev–Trinajstić information content (AvgIpc) is 2.46. The normalized spacial score (nSPS) is 12.8. The third kappa shape index (κ3) is 2.72. The lowest BCUT2D eigenvalue weighted by Crippen LogP contribution is -2.20. The smallest absolute Gasteiger partial charge is 0.259 e. The molecule has 2 aromatic rings. The third-order valence-electron chi connectivity index (χ3n) is 2.89. The third-order valence-corrected chi connectivity index (χ3v) is 3.56. The van der Waals surface area contributed by atoms with E-state index in [2.05, 4.69) is 27.9 Å². The molecule has 2 aromatic carbocycles. The Hall–Kier alpha value is -1.76. The summed E-state index contributed by atoms with van der Waals surface area (Å²) in [4.78, 5) is 12.3. The summed E-state index contributed by atoms with van der Waals surface area (Å²) in [5.41, 5.74) is 1.25. The van der Waals surface area contributed by atoms with Crippen LogP contribution in [0.15, 0.2) is 42.5 Å². The Morgan fingerprint density at radius 1 is 1.10 bits per heavy atom. The number of para-hydroxylation sites is 1. The van der Waals surface area contributed by atoms with Crippen molar-refractivity contribution < 1.29 is 14.3 Å². The van der Waals surface area contributed by atoms with Crippen molar-refractivity contribution in [3.63, 3.8) is 0 Å². The van der Waals surface area contributed by atoms with Crippen LogP contribution in [0.3, 0.4) is 0 Å². The minimum Gasteiger partial charge on any atom is -0.486 e. The maximum atomic E-state index is 12.3. The fraction of sp³-hybridized carbons (Fsp3) is 0.133. The molecule has 0 aromatic heterocycles. The molecule has 0 bridgehead atoms. The SMILES string of the molecule is O=C(Nc1cccc(I)c1)c1cccc2c1OCCO2. The van der Waals surface area contributed by atoms with Gasteiger partial charge in [0.15, 0.2) is 11.5 Å². The molecule has 0 aliphatic carbocycles. The molecule has 1 aliphatic heterocycles. The van der Waals surface area contributed by atoms with Gasteiger partial charge in [0.2, 0.25) is 0 Å². The van der Waals surface area contributed by atoms with E-state index in [-0.39, 0.29) is 5.91 Å². The number of fused-ring (bicyclic) bond motifs is 1. The Balaban J connectivity index is 1.88. The van der Waals surface area contributed by atoms with Crippen LogP contribution in [0.5, 0.6) is 11.5 Å². The molecule has 20 heavy (non-hydrogen) atoms. The first kappa shape index (κ1) is 13.2. The number of anilines is 1. The van der Waals surface area contributed by atoms with E-state index in [1.165, 1.54) is 0 Å². The van der Waals surface area contributed by atoms with Crippen molar-refractivity contribution in [3.8, 4) is 11.5 Å². The number of rotatable bonds is 2. The molecule has 4 nitrogen and oxygen atoms in total. The standard InChI is InChI=1S/C15H12INO3/c16-10-3-1-4-11(9-10)17-15(18)12-5-2-6-13-14(12)20-8-7-19-13/h1-6,9H,7-8H2,(H,17,18). The minimum atomic E-state index is -0.200. The largest absolute Gasteiger partial charge is 0.486 e. The minimum absolute atomic E-state index is 0.200. The highest BCUT2D eigenvalue weighted by atomic mass is 127. The lowest BCUT2D eigenvalue weighted by Gasteiger charge is -2.20. The second-order valence-corrected chi connectivity index (χ2v) is 5.54. The molecule has 0 fully saturated rings. The Labute approximate surface area is 130 Å². The second kappa shape index (κ2) is 5.70. The molecule has 1 amide bonds. The average molecular weight is 381 g/mol. The number of carbonyl (C=O) groups is 1. The molecule has 5 heteroatoms. The highest BCUT2D eigenvalue weighted by Crippen LogP contribution is 2.33. The van der Waals surface area contributed by atoms with E-state index in [4.69, 9.17) is 9.47 Å². The van der Waals surface area contributed by atoms with Gasteiger partial charge in [0.05, 0.1) is 5.56 Å². The van der Waals surface area contributed by atoms with Gasteiger partial charge in [-0.1, -0.05) is 12.1 Å². The Bertz CT molecular complexity index is 657. The second-order valence-electron chi connectivity index (χ2n) is 4.29. The topological polar surface area (TPSA) is 47.6 Å². The summed E-state index contributed by atoms with van der Waals surface area (Å²) in [6.45, 7) is 0.968. The van der Waals surface area contributed by atoms with Crippen molar-refractivity contribution in [2.24, 2.45) is 0 Å². The van der Waals surface area contributed by atoms with Gasteiger partial charge in [0.1, 0.15) is 13.2 Å². The van der Waals surface area contributed by atoms with Gasteiger partial charge in [0, 0.05) is 9.26 Å². The molecule has 0 spiro atoms. The van der Waals surface area contributed by atoms with E-state index in [0.717, 1.165) is 9.26 Å². The first-order valence-corrected chi connectivity index (χ1v) is 7.27. The van der Waals surface area contributed by atoms with Crippen molar-refractivity contribution in [2.45, 2.75) is 0 Å². The van der Waals surface area contributed by atoms with Crippen LogP contribution >= 0.6 is 22.6 Å². The van der Waals surface area contributed by atoms with Gasteiger partial charge in [-0.05, 0) is 52.9 Å². The summed E-state index contributed by atoms with van der Waals surface area (Å²) in [7, 11) is 0. The van der Waals surface area contributed by atoms with Gasteiger partial charge in [-0.2, -0.15) is 0 Å². The summed E-state index contributed by atoms with van der Waals surface area (Å²) >= 11 is 2.21. The van der Waals surface area contributed by atoms with Crippen LogP contribution in [-0.2, 0) is 0 Å². The molecule has 1 aliphatic rings. The summed E-state index contributed by atoms with van der Waals surface area (Å²) < 4.78 is 12.1. The number of carbonyl (C=O) groups excluding carboxylic acids is 1. The molecule has 0 saturated carbocycles. The summed E-state index contributed by atoms with van der Waals surface area (Å²) in [6.07, 6.45) is 0. The van der Waals surface area contributed by atoms with E-state index in [1.54, 1.807) is 18.2 Å². The molecule has 0 unspecified atom stereocenters. The van der Waals surface area contributed by atoms with Crippen LogP contribution < -0.4 is 14.8 Å². The fourth-order valence-electron chi connectivity index (χ4n) is 2.02. The van der Waals surface area contributed by atoms with E-state index < -0.39 is 0 Å². The number of benzene rings is 2. The van der Waals surface area contributed by atoms with Crippen LogP contribution in [0, 0.1) is 3.57 Å². The molecule has 0 saturated heterocycles. The van der Waals surface area contributed by atoms with Crippen LogP contribution in [0.4, 0.5) is 5.69 Å². The van der Waals surface area contributed by atoms with E-state index >= 15 is 0 Å². The summed E-state index contributed by atoms with van der Waals surface area (Å²) in [5.74, 6) is 0.933. The van der Waals surface area contributed by atoms with E-state index in [0.29, 0.717) is 30.3 Å². The van der Waals surface area contributed by atoms with Gasteiger partial charge in [-0.25, -0.2) is 0 Å². The van der Waals surface area contributed by atoms with Crippen molar-refractivity contribution in [1.82, 2.24) is 0 Å². The zero-order chi connectivity index (χ0) is 13.9. The number of hydrogen-bond acceptors (Lipinski definition) is 3. The number of ether oxygens (including phenoxy) is 2. The van der Waals surface area contributed by atoms with Crippen LogP contribution in [0.2, 0.25) is 0 Å². The van der Waals surface area contributed by atoms with Crippen LogP contribution in [0.1, 0.15) is 10.4 Å². The molecule has 0 radical (unpaired) electrons. The fourth-order valence-corrected chi connectivity index (χ4v) is 2.56. The highest BCUT2D eigenvalue weighted by molar-refractivity contribution is 14.1. The molecule has 102 valence electrons. The lowest BCUT2D eigenvalue weighted by atomic mass is 10.1. The Morgan fingerprint density at radius 3 is 2.75 bits per heavy atom. The van der Waals surface area contributed by atoms with E-state index in [9.17, 15) is 4.79 Å². The zero-order valence-corrected chi connectivity index (χ0v) is 12.7. The maximum absolute atomic E-state index is 12.3. The van der Waals surface area contributed by atoms with Crippen molar-refractivity contribution >= 4 is 34.2 Å². The highest BCUT2D eigenvalue weighted by Gasteiger charge is 2.20. The number of hydrogen-bond donors (Lipinski definition) is 1. The van der Waals surface area contributed by atoms with Gasteiger partial charge in [-0.3, -0.25) is 4.79 Å². The molecular weight excluding hydrogens is 369 g/mol. The number of amides is 1. The van der Waals surface area contributed by atoms with Crippen molar-refractivity contribution in [3.05, 3.63) is 51.6 Å². The van der Waals surface area contributed by atoms with E-state index in [1.807, 2.05) is 24.3 Å². The lowest BCUT2D eigenvalue weighted by molar-refractivity contribution is 0.101. The van der Waals surface area contributed by atoms with Gasteiger partial charge >= 0.3 is 0 Å². The number of nitrogens with one attached hydrogen (secondary N) is 1. The Morgan fingerprint density at radius 2 is 1.90 bits per heavy atom. The van der Waals surface area contributed by atoms with Gasteiger partial charge < -0.3 is 14.8 Å². The van der Waals surface area contributed by atoms with Crippen molar-refractivity contribution in [1.29, 1.82) is 0 Å². The summed E-state index contributed by atoms with van der Waals surface area (Å²) in [5, 5.41) is 2.87. The first-order valence-electron chi connectivity index (χ1n) is 6.19. The van der Waals surface area contributed by atoms with Crippen LogP contribution in [0.25, 0.3) is 0 Å². The number of halogens is 1. The van der Waals surface area contributed by atoms with Gasteiger partial charge in [-0.15, -0.1) is 0 Å². The molecule has 3 rings (SSSR count). The quantitative estimate of drug-likeness (QED) is 0.813. The van der Waals surface area contributed by atoms with Gasteiger partial charge in [0.25, 0.3) is 5.91 Å². The predicted octanol–water partition coefficient (Wildman–Crippen LogP) is 3.31. The predicted molar refractivity (Wildman–Crippen MR) is 84.5 cm³/mol. The Kier molecular flexibility index (Phi) is 3.77. The van der Waals surface area contributed by atoms with Crippen LogP contribution in [-0.4, -0.2) is 19.1 Å². The maximum Gasteiger partial charge on any atom is 0.259 e. The molecule has 1 heterocycles. The van der Waals surface area contributed by atoms with Crippen molar-refractivity contribution in [2.75, 3.05) is 18.5 Å². The monoisotopic (exact) mass is 381 g/mol. The molecular formula is C15H12INO3.